The summed E-state index contributed by atoms with van der Waals surface area (Å²) in [4.78, 5) is 0. The zero-order valence-electron chi connectivity index (χ0n) is 12.6. The molecule has 1 fully saturated rings. The fourth-order valence-electron chi connectivity index (χ4n) is 5.14. The average molecular weight is 244 g/mol. The fourth-order valence-corrected chi connectivity index (χ4v) is 5.14. The molecule has 100 valence electrons. The largest absolute Gasteiger partial charge is 0.0844 e. The Kier molecular flexibility index (Phi) is 2.95. The Bertz CT molecular complexity index is 402. The topological polar surface area (TPSA) is 0 Å². The van der Waals surface area contributed by atoms with E-state index in [-0.39, 0.29) is 0 Å². The van der Waals surface area contributed by atoms with Crippen molar-refractivity contribution < 1.29 is 0 Å². The first-order valence-corrected chi connectivity index (χ1v) is 8.02. The van der Waals surface area contributed by atoms with E-state index >= 15 is 0 Å². The summed E-state index contributed by atoms with van der Waals surface area (Å²) in [5.74, 6) is 2.67. The normalized spacial score (nSPS) is 42.9. The second kappa shape index (κ2) is 4.25. The number of hydrogen-bond acceptors (Lipinski definition) is 0. The van der Waals surface area contributed by atoms with Gasteiger partial charge in [0.15, 0.2) is 0 Å². The lowest BCUT2D eigenvalue weighted by molar-refractivity contribution is 0.465. The van der Waals surface area contributed by atoms with E-state index in [0.717, 1.165) is 17.8 Å². The SMILES string of the molecule is CCCC1(C2=C(C)C3CCCC=C3C2)C(C)C1C. The molecule has 1 saturated carbocycles. The van der Waals surface area contributed by atoms with Crippen LogP contribution in [0.1, 0.15) is 66.2 Å². The van der Waals surface area contributed by atoms with Crippen molar-refractivity contribution in [3.8, 4) is 0 Å². The third-order valence-electron chi connectivity index (χ3n) is 6.42. The summed E-state index contributed by atoms with van der Waals surface area (Å²) in [5.41, 5.74) is 6.00. The molecule has 0 N–H and O–H groups in total. The molecular formula is C18H28. The van der Waals surface area contributed by atoms with Gasteiger partial charge in [-0.05, 0) is 56.3 Å². The smallest absolute Gasteiger partial charge is 0.00105 e. The molecule has 0 heteroatoms. The van der Waals surface area contributed by atoms with Crippen molar-refractivity contribution in [3.63, 3.8) is 0 Å². The van der Waals surface area contributed by atoms with Crippen LogP contribution in [0.2, 0.25) is 0 Å². The third kappa shape index (κ3) is 1.50. The summed E-state index contributed by atoms with van der Waals surface area (Å²) >= 11 is 0. The number of rotatable bonds is 3. The molecule has 0 aromatic heterocycles. The van der Waals surface area contributed by atoms with Crippen LogP contribution in [-0.2, 0) is 0 Å². The Hall–Kier alpha value is -0.520. The molecule has 0 aromatic carbocycles. The first-order valence-electron chi connectivity index (χ1n) is 8.02. The molecule has 0 heterocycles. The molecule has 18 heavy (non-hydrogen) atoms. The van der Waals surface area contributed by atoms with Gasteiger partial charge in [-0.15, -0.1) is 0 Å². The molecule has 0 radical (unpaired) electrons. The van der Waals surface area contributed by atoms with Gasteiger partial charge in [-0.3, -0.25) is 0 Å². The maximum atomic E-state index is 2.56. The lowest BCUT2D eigenvalue weighted by Crippen LogP contribution is -2.09. The highest BCUT2D eigenvalue weighted by Gasteiger charge is 2.61. The van der Waals surface area contributed by atoms with E-state index in [1.165, 1.54) is 38.5 Å². The predicted octanol–water partition coefficient (Wildman–Crippen LogP) is 5.51. The van der Waals surface area contributed by atoms with E-state index in [2.05, 4.69) is 33.8 Å². The fraction of sp³-hybridized carbons (Fsp3) is 0.778. The molecule has 0 spiro atoms. The van der Waals surface area contributed by atoms with Crippen molar-refractivity contribution >= 4 is 0 Å². The van der Waals surface area contributed by atoms with Crippen molar-refractivity contribution in [1.29, 1.82) is 0 Å². The van der Waals surface area contributed by atoms with Gasteiger partial charge in [-0.25, -0.2) is 0 Å². The van der Waals surface area contributed by atoms with E-state index in [9.17, 15) is 0 Å². The van der Waals surface area contributed by atoms with E-state index in [1.54, 1.807) is 11.1 Å². The number of fused-ring (bicyclic) bond motifs is 1. The van der Waals surface area contributed by atoms with E-state index in [0.29, 0.717) is 5.41 Å². The second-order valence-electron chi connectivity index (χ2n) is 6.97. The van der Waals surface area contributed by atoms with Crippen LogP contribution >= 0.6 is 0 Å². The Morgan fingerprint density at radius 1 is 1.28 bits per heavy atom. The van der Waals surface area contributed by atoms with E-state index < -0.39 is 0 Å². The summed E-state index contributed by atoms with van der Waals surface area (Å²) in [6.45, 7) is 9.77. The molecule has 3 rings (SSSR count). The van der Waals surface area contributed by atoms with Crippen molar-refractivity contribution in [2.75, 3.05) is 0 Å². The lowest BCUT2D eigenvalue weighted by Gasteiger charge is -2.21. The summed E-state index contributed by atoms with van der Waals surface area (Å²) in [6.07, 6.45) is 10.8. The molecular weight excluding hydrogens is 216 g/mol. The van der Waals surface area contributed by atoms with Gasteiger partial charge in [0.1, 0.15) is 0 Å². The minimum absolute atomic E-state index is 0.594. The molecule has 3 aliphatic rings. The van der Waals surface area contributed by atoms with Crippen LogP contribution in [0.25, 0.3) is 0 Å². The standard InChI is InChI=1S/C18H28/c1-5-10-18(13(3)14(18)4)17-11-15-8-6-7-9-16(15)12(17)2/h8,13-14,16H,5-7,9-11H2,1-4H3. The van der Waals surface area contributed by atoms with Crippen molar-refractivity contribution in [1.82, 2.24) is 0 Å². The zero-order valence-corrected chi connectivity index (χ0v) is 12.6. The van der Waals surface area contributed by atoms with Crippen LogP contribution in [0.5, 0.6) is 0 Å². The van der Waals surface area contributed by atoms with Crippen molar-refractivity contribution in [2.45, 2.75) is 66.2 Å². The Balaban J connectivity index is 1.95. The zero-order chi connectivity index (χ0) is 12.9. The Morgan fingerprint density at radius 2 is 2.00 bits per heavy atom. The van der Waals surface area contributed by atoms with Gasteiger partial charge in [0.05, 0.1) is 0 Å². The van der Waals surface area contributed by atoms with Gasteiger partial charge in [-0.2, -0.15) is 0 Å². The minimum atomic E-state index is 0.594. The molecule has 3 atom stereocenters. The molecule has 3 unspecified atom stereocenters. The second-order valence-corrected chi connectivity index (χ2v) is 6.97. The summed E-state index contributed by atoms with van der Waals surface area (Å²) in [7, 11) is 0. The molecule has 0 aromatic rings. The van der Waals surface area contributed by atoms with Crippen LogP contribution in [0, 0.1) is 23.2 Å². The van der Waals surface area contributed by atoms with Gasteiger partial charge in [0, 0.05) is 5.92 Å². The van der Waals surface area contributed by atoms with Gasteiger partial charge in [0.2, 0.25) is 0 Å². The van der Waals surface area contributed by atoms with Crippen LogP contribution in [-0.4, -0.2) is 0 Å². The van der Waals surface area contributed by atoms with Gasteiger partial charge < -0.3 is 0 Å². The van der Waals surface area contributed by atoms with Gasteiger partial charge in [-0.1, -0.05) is 50.0 Å². The Labute approximate surface area is 113 Å². The molecule has 0 amide bonds. The highest BCUT2D eigenvalue weighted by atomic mass is 14.6. The maximum Gasteiger partial charge on any atom is 0.00105 e. The van der Waals surface area contributed by atoms with Crippen molar-refractivity contribution in [2.24, 2.45) is 23.2 Å². The quantitative estimate of drug-likeness (QED) is 0.575. The van der Waals surface area contributed by atoms with Gasteiger partial charge in [0.25, 0.3) is 0 Å². The third-order valence-corrected chi connectivity index (χ3v) is 6.42. The maximum absolute atomic E-state index is 2.56. The molecule has 0 aliphatic heterocycles. The monoisotopic (exact) mass is 244 g/mol. The predicted molar refractivity (Wildman–Crippen MR) is 78.4 cm³/mol. The highest BCUT2D eigenvalue weighted by Crippen LogP contribution is 2.69. The van der Waals surface area contributed by atoms with Crippen LogP contribution in [0.4, 0.5) is 0 Å². The molecule has 0 bridgehead atoms. The summed E-state index contributed by atoms with van der Waals surface area (Å²) in [6, 6.07) is 0. The van der Waals surface area contributed by atoms with Crippen molar-refractivity contribution in [3.05, 3.63) is 22.8 Å². The average Bonchev–Trinajstić information content (AvgIpc) is 2.74. The first kappa shape index (κ1) is 12.5. The van der Waals surface area contributed by atoms with Crippen LogP contribution < -0.4 is 0 Å². The first-order chi connectivity index (χ1) is 8.63. The lowest BCUT2D eigenvalue weighted by atomic mass is 9.84. The molecule has 3 aliphatic carbocycles. The van der Waals surface area contributed by atoms with Crippen LogP contribution in [0.15, 0.2) is 22.8 Å². The van der Waals surface area contributed by atoms with Crippen LogP contribution in [0.3, 0.4) is 0 Å². The van der Waals surface area contributed by atoms with Gasteiger partial charge >= 0.3 is 0 Å². The van der Waals surface area contributed by atoms with E-state index in [1.807, 2.05) is 5.57 Å². The molecule has 0 saturated heterocycles. The molecule has 0 nitrogen and oxygen atoms in total. The summed E-state index contributed by atoms with van der Waals surface area (Å²) < 4.78 is 0. The summed E-state index contributed by atoms with van der Waals surface area (Å²) in [5, 5.41) is 0. The van der Waals surface area contributed by atoms with E-state index in [4.69, 9.17) is 0 Å². The Morgan fingerprint density at radius 3 is 2.56 bits per heavy atom. The highest BCUT2D eigenvalue weighted by molar-refractivity contribution is 5.44. The number of hydrogen-bond donors (Lipinski definition) is 0. The number of allylic oxidation sites excluding steroid dienone is 4. The minimum Gasteiger partial charge on any atom is -0.0844 e.